The van der Waals surface area contributed by atoms with Crippen LogP contribution < -0.4 is 5.32 Å². The number of piperidine rings is 1. The summed E-state index contributed by atoms with van der Waals surface area (Å²) < 4.78 is 13.5. The third kappa shape index (κ3) is 6.84. The fourth-order valence-corrected chi connectivity index (χ4v) is 5.88. The van der Waals surface area contributed by atoms with Crippen molar-refractivity contribution in [3.05, 3.63) is 64.4 Å². The lowest BCUT2D eigenvalue weighted by Gasteiger charge is -2.54. The maximum absolute atomic E-state index is 13.5. The van der Waals surface area contributed by atoms with Gasteiger partial charge < -0.3 is 15.3 Å². The zero-order valence-corrected chi connectivity index (χ0v) is 24.1. The second-order valence-corrected chi connectivity index (χ2v) is 12.5. The number of hydrogen-bond donors (Lipinski definition) is 2. The number of benzene rings is 2. The van der Waals surface area contributed by atoms with Crippen molar-refractivity contribution in [3.8, 4) is 0 Å². The van der Waals surface area contributed by atoms with Crippen LogP contribution in [0.4, 0.5) is 14.9 Å². The highest BCUT2D eigenvalue weighted by Gasteiger charge is 2.48. The van der Waals surface area contributed by atoms with Gasteiger partial charge in [-0.2, -0.15) is 0 Å². The van der Waals surface area contributed by atoms with Gasteiger partial charge >= 0.3 is 6.09 Å². The minimum Gasteiger partial charge on any atom is -0.465 e. The summed E-state index contributed by atoms with van der Waals surface area (Å²) in [6.07, 6.45) is 1.03. The number of rotatable bonds is 6. The summed E-state index contributed by atoms with van der Waals surface area (Å²) >= 11 is 6.67. The van der Waals surface area contributed by atoms with Crippen LogP contribution in [-0.4, -0.2) is 76.1 Å². The average Bonchev–Trinajstić information content (AvgIpc) is 2.85. The van der Waals surface area contributed by atoms with Crippen LogP contribution in [0.2, 0.25) is 5.02 Å². The minimum atomic E-state index is -0.883. The van der Waals surface area contributed by atoms with Crippen LogP contribution in [0.5, 0.6) is 0 Å². The molecule has 4 rings (SSSR count). The number of nitrogens with zero attached hydrogens (tertiary/aromatic N) is 3. The van der Waals surface area contributed by atoms with Gasteiger partial charge in [0.1, 0.15) is 5.82 Å². The first-order valence-corrected chi connectivity index (χ1v) is 14.0. The van der Waals surface area contributed by atoms with Crippen molar-refractivity contribution in [3.63, 3.8) is 0 Å². The van der Waals surface area contributed by atoms with Crippen LogP contribution in [0.3, 0.4) is 0 Å². The highest BCUT2D eigenvalue weighted by molar-refractivity contribution is 6.31. The molecule has 2 aliphatic heterocycles. The van der Waals surface area contributed by atoms with E-state index in [1.807, 2.05) is 36.1 Å². The van der Waals surface area contributed by atoms with Gasteiger partial charge in [0, 0.05) is 56.0 Å². The lowest BCUT2D eigenvalue weighted by Crippen LogP contribution is -2.67. The molecule has 1 atom stereocenters. The van der Waals surface area contributed by atoms with Crippen LogP contribution in [0.15, 0.2) is 42.5 Å². The standard InChI is InChI=1S/C30H40ClFN4O3/c1-29(2,3)30(4)20-34(14-15-36(30)28(38)39)19-22-9-8-21(16-26(22)31)17-27(37)35-12-10-24(11-13-35)33-25-7-5-6-23(32)18-25/h5-9,16,18,24,33H,10-15,17,19-20H2,1-4H3,(H,38,39)/t30-/m1/s1. The predicted octanol–water partition coefficient (Wildman–Crippen LogP) is 5.73. The fourth-order valence-electron chi connectivity index (χ4n) is 5.62. The van der Waals surface area contributed by atoms with E-state index in [0.29, 0.717) is 50.7 Å². The van der Waals surface area contributed by atoms with E-state index in [1.165, 1.54) is 12.1 Å². The number of carbonyl (C=O) groups is 2. The van der Waals surface area contributed by atoms with E-state index in [9.17, 15) is 19.1 Å². The van der Waals surface area contributed by atoms with Gasteiger partial charge in [0.2, 0.25) is 5.91 Å². The van der Waals surface area contributed by atoms with E-state index in [4.69, 9.17) is 11.6 Å². The molecule has 2 heterocycles. The molecule has 2 aromatic rings. The van der Waals surface area contributed by atoms with Crippen LogP contribution in [0.1, 0.15) is 51.7 Å². The van der Waals surface area contributed by atoms with Gasteiger partial charge in [0.05, 0.1) is 12.0 Å². The normalized spacial score (nSPS) is 21.2. The second kappa shape index (κ2) is 11.7. The Labute approximate surface area is 235 Å². The van der Waals surface area contributed by atoms with E-state index >= 15 is 0 Å². The number of amides is 2. The number of halogens is 2. The number of likely N-dealkylation sites (tertiary alicyclic amines) is 1. The molecule has 0 radical (unpaired) electrons. The molecule has 0 aromatic heterocycles. The highest BCUT2D eigenvalue weighted by atomic mass is 35.5. The molecule has 9 heteroatoms. The quantitative estimate of drug-likeness (QED) is 0.474. The lowest BCUT2D eigenvalue weighted by atomic mass is 9.72. The van der Waals surface area contributed by atoms with Gasteiger partial charge in [0.15, 0.2) is 0 Å². The summed E-state index contributed by atoms with van der Waals surface area (Å²) in [4.78, 5) is 30.6. The Morgan fingerprint density at radius 2 is 1.82 bits per heavy atom. The molecule has 0 bridgehead atoms. The largest absolute Gasteiger partial charge is 0.465 e. The van der Waals surface area contributed by atoms with Gasteiger partial charge in [-0.05, 0) is 60.6 Å². The maximum atomic E-state index is 13.5. The Bertz CT molecular complexity index is 1190. The Morgan fingerprint density at radius 1 is 1.10 bits per heavy atom. The zero-order valence-electron chi connectivity index (χ0n) is 23.3. The summed E-state index contributed by atoms with van der Waals surface area (Å²) in [6.45, 7) is 11.9. The van der Waals surface area contributed by atoms with Crippen molar-refractivity contribution >= 4 is 29.3 Å². The van der Waals surface area contributed by atoms with Crippen molar-refractivity contribution in [2.45, 2.75) is 65.1 Å². The van der Waals surface area contributed by atoms with Gasteiger partial charge in [0.25, 0.3) is 0 Å². The summed E-state index contributed by atoms with van der Waals surface area (Å²) in [5.41, 5.74) is 1.85. The molecule has 0 spiro atoms. The Balaban J connectivity index is 1.31. The number of anilines is 1. The van der Waals surface area contributed by atoms with Crippen molar-refractivity contribution in [2.24, 2.45) is 5.41 Å². The monoisotopic (exact) mass is 558 g/mol. The molecule has 2 aliphatic rings. The lowest BCUT2D eigenvalue weighted by molar-refractivity contribution is -0.131. The molecule has 39 heavy (non-hydrogen) atoms. The van der Waals surface area contributed by atoms with Crippen molar-refractivity contribution in [2.75, 3.05) is 38.0 Å². The minimum absolute atomic E-state index is 0.0776. The van der Waals surface area contributed by atoms with Crippen molar-refractivity contribution < 1.29 is 19.1 Å². The van der Waals surface area contributed by atoms with E-state index in [-0.39, 0.29) is 23.2 Å². The van der Waals surface area contributed by atoms with Crippen molar-refractivity contribution in [1.82, 2.24) is 14.7 Å². The van der Waals surface area contributed by atoms with Crippen molar-refractivity contribution in [1.29, 1.82) is 0 Å². The third-order valence-corrected chi connectivity index (χ3v) is 8.88. The molecule has 212 valence electrons. The van der Waals surface area contributed by atoms with Gasteiger partial charge in [-0.25, -0.2) is 9.18 Å². The zero-order chi connectivity index (χ0) is 28.4. The molecule has 7 nitrogen and oxygen atoms in total. The van der Waals surface area contributed by atoms with Crippen LogP contribution in [0.25, 0.3) is 0 Å². The predicted molar refractivity (Wildman–Crippen MR) is 153 cm³/mol. The van der Waals surface area contributed by atoms with E-state index < -0.39 is 11.6 Å². The topological polar surface area (TPSA) is 76.1 Å². The molecule has 0 unspecified atom stereocenters. The van der Waals surface area contributed by atoms with Gasteiger partial charge in [-0.15, -0.1) is 0 Å². The fraction of sp³-hybridized carbons (Fsp3) is 0.533. The maximum Gasteiger partial charge on any atom is 0.407 e. The first kappa shape index (κ1) is 29.2. The average molecular weight is 559 g/mol. The Hall–Kier alpha value is -2.84. The molecular weight excluding hydrogens is 519 g/mol. The van der Waals surface area contributed by atoms with E-state index in [2.05, 4.69) is 31.0 Å². The SMILES string of the molecule is CC(C)(C)[C@@]1(C)CN(Cc2ccc(CC(=O)N3CCC(Nc4cccc(F)c4)CC3)cc2Cl)CCN1C(=O)O. The van der Waals surface area contributed by atoms with Crippen LogP contribution >= 0.6 is 11.6 Å². The van der Waals surface area contributed by atoms with Gasteiger partial charge in [-0.1, -0.05) is 50.6 Å². The highest BCUT2D eigenvalue weighted by Crippen LogP contribution is 2.39. The number of carbonyl (C=O) groups excluding carboxylic acids is 1. The summed E-state index contributed by atoms with van der Waals surface area (Å²) in [5.74, 6) is -0.185. The summed E-state index contributed by atoms with van der Waals surface area (Å²) in [6, 6.07) is 12.5. The number of nitrogens with one attached hydrogen (secondary N) is 1. The molecule has 0 aliphatic carbocycles. The second-order valence-electron chi connectivity index (χ2n) is 12.1. The Kier molecular flexibility index (Phi) is 8.76. The number of carboxylic acid groups (broad SMARTS) is 1. The smallest absolute Gasteiger partial charge is 0.407 e. The molecule has 2 saturated heterocycles. The number of hydrogen-bond acceptors (Lipinski definition) is 4. The van der Waals surface area contributed by atoms with Gasteiger partial charge in [-0.3, -0.25) is 14.6 Å². The summed E-state index contributed by atoms with van der Waals surface area (Å²) in [7, 11) is 0. The molecule has 2 fully saturated rings. The first-order chi connectivity index (χ1) is 18.4. The Morgan fingerprint density at radius 3 is 2.44 bits per heavy atom. The molecule has 2 aromatic carbocycles. The van der Waals surface area contributed by atoms with E-state index in [1.54, 1.807) is 11.0 Å². The molecule has 0 saturated carbocycles. The van der Waals surface area contributed by atoms with Crippen LogP contribution in [-0.2, 0) is 17.8 Å². The molecular formula is C30H40ClFN4O3. The van der Waals surface area contributed by atoms with E-state index in [0.717, 1.165) is 29.7 Å². The molecule has 2 amide bonds. The summed E-state index contributed by atoms with van der Waals surface area (Å²) in [5, 5.41) is 13.8. The first-order valence-electron chi connectivity index (χ1n) is 13.7. The molecule has 2 N–H and O–H groups in total. The number of piperazine rings is 1. The van der Waals surface area contributed by atoms with Crippen LogP contribution in [0, 0.1) is 11.2 Å². The third-order valence-electron chi connectivity index (χ3n) is 8.52.